The molecule has 2 rings (SSSR count). The van der Waals surface area contributed by atoms with Gasteiger partial charge < -0.3 is 14.4 Å². The first-order valence-electron chi connectivity index (χ1n) is 7.11. The minimum Gasteiger partial charge on any atom is -0.427 e. The van der Waals surface area contributed by atoms with Gasteiger partial charge in [0.1, 0.15) is 12.0 Å². The Morgan fingerprint density at radius 3 is 2.38 bits per heavy atom. The van der Waals surface area contributed by atoms with Gasteiger partial charge in [-0.2, -0.15) is 0 Å². The van der Waals surface area contributed by atoms with Crippen LogP contribution >= 0.6 is 0 Å². The van der Waals surface area contributed by atoms with Crippen molar-refractivity contribution in [2.45, 2.75) is 26.2 Å². The monoisotopic (exact) mass is 289 g/mol. The van der Waals surface area contributed by atoms with Crippen molar-refractivity contribution in [1.82, 2.24) is 4.90 Å². The number of amides is 1. The van der Waals surface area contributed by atoms with Gasteiger partial charge in [0.25, 0.3) is 0 Å². The number of likely N-dealkylation sites (tertiary alicyclic amines) is 1. The molecular weight excluding hydrogens is 270 g/mol. The molecule has 0 radical (unpaired) electrons. The van der Waals surface area contributed by atoms with Gasteiger partial charge in [0, 0.05) is 20.0 Å². The Labute approximate surface area is 123 Å². The molecule has 1 amide bonds. The van der Waals surface area contributed by atoms with Crippen molar-refractivity contribution < 1.29 is 19.1 Å². The molecule has 0 aliphatic carbocycles. The number of aldehydes is 1. The number of ether oxygens (including phenoxy) is 1. The number of nitrogens with zero attached hydrogens (tertiary/aromatic N) is 1. The normalized spacial score (nSPS) is 15.6. The molecule has 1 atom stereocenters. The van der Waals surface area contributed by atoms with E-state index in [0.29, 0.717) is 12.2 Å². The van der Waals surface area contributed by atoms with Gasteiger partial charge in [0.15, 0.2) is 0 Å². The minimum absolute atomic E-state index is 0.0911. The van der Waals surface area contributed by atoms with Crippen LogP contribution in [0.25, 0.3) is 0 Å². The van der Waals surface area contributed by atoms with Crippen LogP contribution in [-0.4, -0.2) is 36.2 Å². The van der Waals surface area contributed by atoms with Crippen LogP contribution in [0.2, 0.25) is 0 Å². The molecule has 21 heavy (non-hydrogen) atoms. The lowest BCUT2D eigenvalue weighted by molar-refractivity contribution is -0.137. The summed E-state index contributed by atoms with van der Waals surface area (Å²) in [5, 5.41) is 0. The first kappa shape index (κ1) is 15.2. The van der Waals surface area contributed by atoms with Crippen molar-refractivity contribution in [3.63, 3.8) is 0 Å². The number of hydrogen-bond donors (Lipinski definition) is 0. The van der Waals surface area contributed by atoms with Gasteiger partial charge in [0.2, 0.25) is 5.91 Å². The van der Waals surface area contributed by atoms with Crippen molar-refractivity contribution in [2.24, 2.45) is 5.92 Å². The summed E-state index contributed by atoms with van der Waals surface area (Å²) in [5.41, 5.74) is 0.871. The highest BCUT2D eigenvalue weighted by Crippen LogP contribution is 2.17. The molecule has 112 valence electrons. The maximum absolute atomic E-state index is 12.2. The molecule has 0 N–H and O–H groups in total. The Balaban J connectivity index is 1.99. The van der Waals surface area contributed by atoms with Gasteiger partial charge in [-0.1, -0.05) is 12.1 Å². The summed E-state index contributed by atoms with van der Waals surface area (Å²) < 4.78 is 4.95. The second-order valence-electron chi connectivity index (χ2n) is 5.22. The first-order valence-corrected chi connectivity index (χ1v) is 7.11. The Bertz CT molecular complexity index is 518. The molecule has 0 spiro atoms. The van der Waals surface area contributed by atoms with Gasteiger partial charge in [0.05, 0.1) is 5.92 Å². The lowest BCUT2D eigenvalue weighted by Gasteiger charge is -2.19. The largest absolute Gasteiger partial charge is 0.427 e. The smallest absolute Gasteiger partial charge is 0.308 e. The standard InChI is InChI=1S/C16H19NO4/c1-12(19)21-15-6-4-13(5-7-15)10-14(11-18)16(20)17-8-2-3-9-17/h4-7,11,14H,2-3,8-10H2,1H3. The van der Waals surface area contributed by atoms with Crippen LogP contribution in [0, 0.1) is 5.92 Å². The zero-order valence-corrected chi connectivity index (χ0v) is 12.1. The van der Waals surface area contributed by atoms with Crippen molar-refractivity contribution in [1.29, 1.82) is 0 Å². The summed E-state index contributed by atoms with van der Waals surface area (Å²) in [6, 6.07) is 6.87. The average molecular weight is 289 g/mol. The Kier molecular flexibility index (Phi) is 5.09. The second kappa shape index (κ2) is 7.02. The molecule has 5 heteroatoms. The third-order valence-electron chi connectivity index (χ3n) is 3.54. The molecule has 5 nitrogen and oxygen atoms in total. The van der Waals surface area contributed by atoms with E-state index in [9.17, 15) is 14.4 Å². The Morgan fingerprint density at radius 1 is 1.24 bits per heavy atom. The second-order valence-corrected chi connectivity index (χ2v) is 5.22. The number of carbonyl (C=O) groups excluding carboxylic acids is 3. The molecule has 0 saturated carbocycles. The molecule has 1 aliphatic rings. The number of carbonyl (C=O) groups is 3. The molecule has 0 aromatic heterocycles. The van der Waals surface area contributed by atoms with Crippen LogP contribution in [0.15, 0.2) is 24.3 Å². The maximum atomic E-state index is 12.2. The van der Waals surface area contributed by atoms with E-state index in [0.717, 1.165) is 37.8 Å². The zero-order valence-electron chi connectivity index (χ0n) is 12.1. The van der Waals surface area contributed by atoms with E-state index < -0.39 is 5.92 Å². The lowest BCUT2D eigenvalue weighted by Crippen LogP contribution is -2.35. The van der Waals surface area contributed by atoms with E-state index in [1.165, 1.54) is 6.92 Å². The van der Waals surface area contributed by atoms with Crippen molar-refractivity contribution in [3.8, 4) is 5.75 Å². The topological polar surface area (TPSA) is 63.7 Å². The van der Waals surface area contributed by atoms with E-state index in [4.69, 9.17) is 4.74 Å². The summed E-state index contributed by atoms with van der Waals surface area (Å²) in [4.78, 5) is 36.0. The molecule has 1 aromatic carbocycles. The SMILES string of the molecule is CC(=O)Oc1ccc(CC(C=O)C(=O)N2CCCC2)cc1. The van der Waals surface area contributed by atoms with Crippen LogP contribution in [0.1, 0.15) is 25.3 Å². The molecule has 1 saturated heterocycles. The van der Waals surface area contributed by atoms with Crippen LogP contribution in [0.5, 0.6) is 5.75 Å². The molecule has 0 bridgehead atoms. The highest BCUT2D eigenvalue weighted by Gasteiger charge is 2.26. The summed E-state index contributed by atoms with van der Waals surface area (Å²) in [7, 11) is 0. The molecule has 1 aromatic rings. The Morgan fingerprint density at radius 2 is 1.86 bits per heavy atom. The van der Waals surface area contributed by atoms with Gasteiger partial charge in [-0.15, -0.1) is 0 Å². The number of esters is 1. The summed E-state index contributed by atoms with van der Waals surface area (Å²) in [6.45, 7) is 2.83. The van der Waals surface area contributed by atoms with Crippen LogP contribution < -0.4 is 4.74 Å². The molecule has 1 heterocycles. The van der Waals surface area contributed by atoms with Crippen LogP contribution in [0.3, 0.4) is 0 Å². The third kappa shape index (κ3) is 4.15. The van der Waals surface area contributed by atoms with E-state index in [1.807, 2.05) is 0 Å². The number of rotatable bonds is 5. The highest BCUT2D eigenvalue weighted by atomic mass is 16.5. The predicted molar refractivity (Wildman–Crippen MR) is 76.8 cm³/mol. The fraction of sp³-hybridized carbons (Fsp3) is 0.438. The third-order valence-corrected chi connectivity index (χ3v) is 3.54. The Hall–Kier alpha value is -2.17. The molecular formula is C16H19NO4. The first-order chi connectivity index (χ1) is 10.1. The predicted octanol–water partition coefficient (Wildman–Crippen LogP) is 1.59. The van der Waals surface area contributed by atoms with E-state index in [-0.39, 0.29) is 11.9 Å². The molecule has 1 fully saturated rings. The van der Waals surface area contributed by atoms with Gasteiger partial charge in [-0.05, 0) is 37.0 Å². The maximum Gasteiger partial charge on any atom is 0.308 e. The number of benzene rings is 1. The molecule has 1 unspecified atom stereocenters. The van der Waals surface area contributed by atoms with Crippen molar-refractivity contribution in [3.05, 3.63) is 29.8 Å². The van der Waals surface area contributed by atoms with Gasteiger partial charge >= 0.3 is 5.97 Å². The summed E-state index contributed by atoms with van der Waals surface area (Å²) in [5.74, 6) is -0.647. The van der Waals surface area contributed by atoms with Crippen molar-refractivity contribution >= 4 is 18.2 Å². The fourth-order valence-electron chi connectivity index (χ4n) is 2.48. The summed E-state index contributed by atoms with van der Waals surface area (Å²) in [6.07, 6.45) is 3.11. The van der Waals surface area contributed by atoms with E-state index >= 15 is 0 Å². The highest BCUT2D eigenvalue weighted by molar-refractivity contribution is 5.92. The van der Waals surface area contributed by atoms with E-state index in [2.05, 4.69) is 0 Å². The van der Waals surface area contributed by atoms with Crippen LogP contribution in [0.4, 0.5) is 0 Å². The fourth-order valence-corrected chi connectivity index (χ4v) is 2.48. The molecule has 1 aliphatic heterocycles. The minimum atomic E-state index is -0.636. The van der Waals surface area contributed by atoms with Crippen molar-refractivity contribution in [2.75, 3.05) is 13.1 Å². The zero-order chi connectivity index (χ0) is 15.2. The quantitative estimate of drug-likeness (QED) is 0.357. The van der Waals surface area contributed by atoms with Crippen LogP contribution in [-0.2, 0) is 20.8 Å². The van der Waals surface area contributed by atoms with Gasteiger partial charge in [-0.3, -0.25) is 9.59 Å². The lowest BCUT2D eigenvalue weighted by atomic mass is 9.99. The summed E-state index contributed by atoms with van der Waals surface area (Å²) >= 11 is 0. The van der Waals surface area contributed by atoms with Gasteiger partial charge in [-0.25, -0.2) is 0 Å². The van der Waals surface area contributed by atoms with E-state index in [1.54, 1.807) is 29.2 Å². The average Bonchev–Trinajstić information content (AvgIpc) is 2.99. The number of hydrogen-bond acceptors (Lipinski definition) is 4.